The number of ether oxygens (including phenoxy) is 2. The molecular formula is C22H23FN2O6. The molecule has 3 amide bonds. The van der Waals surface area contributed by atoms with Gasteiger partial charge in [0.25, 0.3) is 5.91 Å². The average Bonchev–Trinajstić information content (AvgIpc) is 2.97. The second-order valence-electron chi connectivity index (χ2n) is 7.19. The van der Waals surface area contributed by atoms with Crippen LogP contribution in [-0.4, -0.2) is 53.8 Å². The summed E-state index contributed by atoms with van der Waals surface area (Å²) in [7, 11) is 0. The number of carbonyl (C=O) groups excluding carboxylic acids is 3. The molecule has 9 heteroatoms. The lowest BCUT2D eigenvalue weighted by atomic mass is 9.92. The van der Waals surface area contributed by atoms with Crippen LogP contribution in [0.15, 0.2) is 48.5 Å². The van der Waals surface area contributed by atoms with Gasteiger partial charge in [0.15, 0.2) is 0 Å². The van der Waals surface area contributed by atoms with Crippen molar-refractivity contribution >= 4 is 17.9 Å². The van der Waals surface area contributed by atoms with E-state index in [9.17, 15) is 23.9 Å². The first-order chi connectivity index (χ1) is 14.7. The van der Waals surface area contributed by atoms with Crippen molar-refractivity contribution in [3.63, 3.8) is 0 Å². The molecule has 3 rings (SSSR count). The molecule has 1 fully saturated rings. The zero-order chi connectivity index (χ0) is 22.6. The van der Waals surface area contributed by atoms with Gasteiger partial charge >= 0.3 is 12.0 Å². The van der Waals surface area contributed by atoms with Gasteiger partial charge in [-0.3, -0.25) is 9.69 Å². The largest absolute Gasteiger partial charge is 0.491 e. The normalized spacial score (nSPS) is 19.2. The average molecular weight is 430 g/mol. The highest BCUT2D eigenvalue weighted by atomic mass is 19.1. The predicted octanol–water partition coefficient (Wildman–Crippen LogP) is 2.21. The minimum atomic E-state index is -1.35. The molecule has 0 bridgehead atoms. The summed E-state index contributed by atoms with van der Waals surface area (Å²) in [6.07, 6.45) is -1.14. The fraction of sp³-hybridized carbons (Fsp3) is 0.318. The van der Waals surface area contributed by atoms with Crippen molar-refractivity contribution < 1.29 is 33.4 Å². The summed E-state index contributed by atoms with van der Waals surface area (Å²) in [5.41, 5.74) is -0.551. The number of esters is 1. The van der Waals surface area contributed by atoms with Gasteiger partial charge in [-0.15, -0.1) is 0 Å². The highest BCUT2D eigenvalue weighted by Crippen LogP contribution is 2.29. The molecule has 2 atom stereocenters. The van der Waals surface area contributed by atoms with Gasteiger partial charge in [0, 0.05) is 0 Å². The molecule has 2 aromatic rings. The molecule has 0 saturated carbocycles. The number of urea groups is 1. The molecule has 1 aliphatic rings. The lowest BCUT2D eigenvalue weighted by molar-refractivity contribution is -0.132. The predicted molar refractivity (Wildman–Crippen MR) is 108 cm³/mol. The van der Waals surface area contributed by atoms with Crippen LogP contribution in [0.4, 0.5) is 9.18 Å². The number of halogens is 1. The maximum atomic E-state index is 13.2. The molecule has 0 spiro atoms. The summed E-state index contributed by atoms with van der Waals surface area (Å²) >= 11 is 0. The quantitative estimate of drug-likeness (QED) is 0.492. The molecule has 1 aliphatic heterocycles. The van der Waals surface area contributed by atoms with E-state index in [1.807, 2.05) is 0 Å². The van der Waals surface area contributed by atoms with Gasteiger partial charge in [-0.1, -0.05) is 12.1 Å². The maximum Gasteiger partial charge on any atom is 0.338 e. The van der Waals surface area contributed by atoms with E-state index in [4.69, 9.17) is 9.47 Å². The molecule has 1 heterocycles. The van der Waals surface area contributed by atoms with Crippen LogP contribution in [0.2, 0.25) is 0 Å². The van der Waals surface area contributed by atoms with Crippen LogP contribution in [0, 0.1) is 5.82 Å². The third kappa shape index (κ3) is 4.83. The molecule has 0 aromatic heterocycles. The van der Waals surface area contributed by atoms with Gasteiger partial charge < -0.3 is 19.9 Å². The number of β-amino-alcohol motifs (C(OH)–C–C–N with tert-alkyl or cyclic N) is 1. The molecule has 8 nitrogen and oxygen atoms in total. The summed E-state index contributed by atoms with van der Waals surface area (Å²) in [6.45, 7) is 3.05. The summed E-state index contributed by atoms with van der Waals surface area (Å²) in [4.78, 5) is 37.7. The minimum absolute atomic E-state index is 0.178. The summed E-state index contributed by atoms with van der Waals surface area (Å²) in [6, 6.07) is 10.8. The van der Waals surface area contributed by atoms with E-state index >= 15 is 0 Å². The first-order valence-corrected chi connectivity index (χ1v) is 9.72. The zero-order valence-electron chi connectivity index (χ0n) is 17.1. The van der Waals surface area contributed by atoms with Crippen LogP contribution >= 0.6 is 0 Å². The second kappa shape index (κ2) is 9.13. The van der Waals surface area contributed by atoms with Gasteiger partial charge in [0.05, 0.1) is 18.7 Å². The number of aliphatic hydroxyl groups is 1. The lowest BCUT2D eigenvalue weighted by Crippen LogP contribution is -2.42. The first kappa shape index (κ1) is 22.2. The molecule has 2 N–H and O–H groups in total. The van der Waals surface area contributed by atoms with E-state index in [1.165, 1.54) is 43.3 Å². The minimum Gasteiger partial charge on any atom is -0.491 e. The van der Waals surface area contributed by atoms with Crippen molar-refractivity contribution in [3.05, 3.63) is 65.5 Å². The van der Waals surface area contributed by atoms with Crippen molar-refractivity contribution in [2.24, 2.45) is 0 Å². The first-order valence-electron chi connectivity index (χ1n) is 9.72. The van der Waals surface area contributed by atoms with Gasteiger partial charge in [0.1, 0.15) is 29.8 Å². The molecule has 1 saturated heterocycles. The monoisotopic (exact) mass is 430 g/mol. The zero-order valence-corrected chi connectivity index (χ0v) is 17.1. The number of hydrogen-bond acceptors (Lipinski definition) is 6. The molecule has 2 aromatic carbocycles. The topological polar surface area (TPSA) is 105 Å². The van der Waals surface area contributed by atoms with Crippen LogP contribution in [0.1, 0.15) is 29.8 Å². The summed E-state index contributed by atoms with van der Waals surface area (Å²) in [5, 5.41) is 12.9. The van der Waals surface area contributed by atoms with Gasteiger partial charge in [0.2, 0.25) is 0 Å². The number of rotatable bonds is 8. The van der Waals surface area contributed by atoms with Crippen LogP contribution in [0.3, 0.4) is 0 Å². The van der Waals surface area contributed by atoms with Crippen LogP contribution < -0.4 is 10.1 Å². The van der Waals surface area contributed by atoms with Crippen LogP contribution in [-0.2, 0) is 15.1 Å². The van der Waals surface area contributed by atoms with Crippen molar-refractivity contribution in [1.82, 2.24) is 10.2 Å². The Labute approximate surface area is 178 Å². The Morgan fingerprint density at radius 2 is 1.81 bits per heavy atom. The van der Waals surface area contributed by atoms with E-state index in [0.717, 1.165) is 4.90 Å². The van der Waals surface area contributed by atoms with E-state index in [1.54, 1.807) is 19.1 Å². The number of amides is 3. The van der Waals surface area contributed by atoms with E-state index < -0.39 is 35.4 Å². The van der Waals surface area contributed by atoms with E-state index in [-0.39, 0.29) is 19.8 Å². The fourth-order valence-electron chi connectivity index (χ4n) is 3.20. The number of hydrogen-bond donors (Lipinski definition) is 2. The molecule has 0 aliphatic carbocycles. The Morgan fingerprint density at radius 1 is 1.16 bits per heavy atom. The Morgan fingerprint density at radius 3 is 2.42 bits per heavy atom. The van der Waals surface area contributed by atoms with Crippen molar-refractivity contribution in [2.45, 2.75) is 25.5 Å². The number of carbonyl (C=O) groups is 3. The van der Waals surface area contributed by atoms with Crippen LogP contribution in [0.25, 0.3) is 0 Å². The highest BCUT2D eigenvalue weighted by Gasteiger charge is 2.49. The van der Waals surface area contributed by atoms with E-state index in [2.05, 4.69) is 5.32 Å². The fourth-order valence-corrected chi connectivity index (χ4v) is 3.20. The Hall–Kier alpha value is -3.46. The van der Waals surface area contributed by atoms with Crippen LogP contribution in [0.5, 0.6) is 5.75 Å². The number of benzene rings is 2. The lowest BCUT2D eigenvalue weighted by Gasteiger charge is -2.23. The third-order valence-corrected chi connectivity index (χ3v) is 4.90. The number of nitrogens with zero attached hydrogens (tertiary/aromatic N) is 1. The van der Waals surface area contributed by atoms with Crippen molar-refractivity contribution in [1.29, 1.82) is 0 Å². The third-order valence-electron chi connectivity index (χ3n) is 4.90. The van der Waals surface area contributed by atoms with Gasteiger partial charge in [-0.2, -0.15) is 0 Å². The Bertz CT molecular complexity index is 963. The second-order valence-corrected chi connectivity index (χ2v) is 7.19. The molecule has 0 radical (unpaired) electrons. The SMILES string of the molecule is CCOC(=O)c1ccc(OCC(O)CN2C(=O)NC(C)(c3ccc(F)cc3)C2=O)cc1. The van der Waals surface area contributed by atoms with Crippen molar-refractivity contribution in [2.75, 3.05) is 19.8 Å². The summed E-state index contributed by atoms with van der Waals surface area (Å²) < 4.78 is 23.6. The van der Waals surface area contributed by atoms with Crippen molar-refractivity contribution in [3.8, 4) is 5.75 Å². The number of nitrogens with one attached hydrogen (secondary N) is 1. The number of imide groups is 1. The maximum absolute atomic E-state index is 13.2. The summed E-state index contributed by atoms with van der Waals surface area (Å²) in [5.74, 6) is -1.05. The standard InChI is InChI=1S/C22H23FN2O6/c1-3-30-19(27)14-4-10-18(11-5-14)31-13-17(26)12-25-20(28)22(2,24-21(25)29)15-6-8-16(23)9-7-15/h4-11,17,26H,3,12-13H2,1-2H3,(H,24,29). The smallest absolute Gasteiger partial charge is 0.338 e. The highest BCUT2D eigenvalue weighted by molar-refractivity contribution is 6.07. The number of aliphatic hydroxyl groups excluding tert-OH is 1. The Kier molecular flexibility index (Phi) is 6.55. The van der Waals surface area contributed by atoms with Gasteiger partial charge in [-0.25, -0.2) is 14.0 Å². The Balaban J connectivity index is 1.58. The molecule has 31 heavy (non-hydrogen) atoms. The van der Waals surface area contributed by atoms with Gasteiger partial charge in [-0.05, 0) is 55.8 Å². The van der Waals surface area contributed by atoms with E-state index in [0.29, 0.717) is 16.9 Å². The molecular weight excluding hydrogens is 407 g/mol. The molecule has 164 valence electrons. The molecule has 2 unspecified atom stereocenters.